The summed E-state index contributed by atoms with van der Waals surface area (Å²) in [5.41, 5.74) is 1.90. The van der Waals surface area contributed by atoms with Crippen LogP contribution in [0.2, 0.25) is 0 Å². The van der Waals surface area contributed by atoms with E-state index in [1.165, 1.54) is 62.5 Å². The monoisotopic (exact) mass is 1390 g/mol. The van der Waals surface area contributed by atoms with Gasteiger partial charge in [-0.05, 0) is 67.8 Å². The molecule has 0 fully saturated rings. The van der Waals surface area contributed by atoms with Crippen molar-refractivity contribution in [2.24, 2.45) is 24.4 Å². The summed E-state index contributed by atoms with van der Waals surface area (Å²) in [4.78, 5) is 44.7. The van der Waals surface area contributed by atoms with E-state index in [1.807, 2.05) is 325 Å². The van der Waals surface area contributed by atoms with Crippen LogP contribution in [0.15, 0.2) is 148 Å². The first kappa shape index (κ1) is 145. The third-order valence-corrected chi connectivity index (χ3v) is 6.62. The van der Waals surface area contributed by atoms with Gasteiger partial charge in [0.05, 0.1) is 25.0 Å². The van der Waals surface area contributed by atoms with Crippen LogP contribution in [0.4, 0.5) is 0 Å². The van der Waals surface area contributed by atoms with Crippen LogP contribution in [0.3, 0.4) is 0 Å². The molecule has 0 unspecified atom stereocenters. The van der Waals surface area contributed by atoms with Crippen LogP contribution in [0.25, 0.3) is 0 Å². The third-order valence-electron chi connectivity index (χ3n) is 5.18. The minimum Gasteiger partial charge on any atom is -0.482 e. The van der Waals surface area contributed by atoms with Crippen LogP contribution >= 0.6 is 23.7 Å². The van der Waals surface area contributed by atoms with Crippen LogP contribution in [-0.4, -0.2) is 132 Å². The van der Waals surface area contributed by atoms with Gasteiger partial charge in [-0.3, -0.25) is 34.9 Å². The van der Waals surface area contributed by atoms with Gasteiger partial charge in [-0.2, -0.15) is 10.2 Å². The minimum absolute atomic E-state index is 0.778. The summed E-state index contributed by atoms with van der Waals surface area (Å²) in [5, 5.41) is 10.0. The predicted molar refractivity (Wildman–Crippen MR) is 452 cm³/mol. The van der Waals surface area contributed by atoms with Crippen molar-refractivity contribution < 1.29 is 4.74 Å². The first-order chi connectivity index (χ1) is 47.5. The van der Waals surface area contributed by atoms with Crippen molar-refractivity contribution in [3.63, 3.8) is 0 Å². The fourth-order valence-corrected chi connectivity index (χ4v) is 3.90. The number of hydrogen-bond donors (Lipinski definition) is 1. The van der Waals surface area contributed by atoms with Gasteiger partial charge in [0, 0.05) is 99.3 Å². The van der Waals surface area contributed by atoms with Crippen molar-refractivity contribution >= 4 is 54.4 Å². The molecule has 5 aromatic heterocycles. The molecule has 10 heterocycles. The molecule has 0 radical (unpaired) electrons. The summed E-state index contributed by atoms with van der Waals surface area (Å²) in [5.74, 6) is 2.39. The quantitative estimate of drug-likeness (QED) is 0.143. The van der Waals surface area contributed by atoms with Gasteiger partial charge < -0.3 is 10.1 Å². The van der Waals surface area contributed by atoms with Crippen molar-refractivity contribution in [1.29, 1.82) is 0 Å². The number of nitrogens with one attached hydrogen (secondary N) is 1. The van der Waals surface area contributed by atoms with Crippen molar-refractivity contribution in [3.8, 4) is 0 Å². The highest BCUT2D eigenvalue weighted by Gasteiger charge is 1.88. The lowest BCUT2D eigenvalue weighted by Crippen LogP contribution is -2.04. The van der Waals surface area contributed by atoms with E-state index in [0.717, 1.165) is 39.3 Å². The third kappa shape index (κ3) is 271. The topological polar surface area (TPSA) is 212 Å². The second kappa shape index (κ2) is 277. The molecular weight excluding hydrogens is 1220 g/mol. The molecule has 17 nitrogen and oxygen atoms in total. The van der Waals surface area contributed by atoms with E-state index >= 15 is 0 Å². The molecule has 5 aliphatic heterocycles. The average molecular weight is 1390 g/mol. The van der Waals surface area contributed by atoms with Crippen molar-refractivity contribution in [2.75, 3.05) is 50.8 Å². The van der Waals surface area contributed by atoms with Crippen LogP contribution in [0.1, 0.15) is 296 Å². The van der Waals surface area contributed by atoms with Gasteiger partial charge in [-0.15, -0.1) is 11.8 Å². The van der Waals surface area contributed by atoms with Crippen LogP contribution in [0.5, 0.6) is 0 Å². The lowest BCUT2D eigenvalue weighted by molar-refractivity contribution is 0.361. The molecule has 0 aromatic carbocycles. The Morgan fingerprint density at radius 2 is 0.684 bits per heavy atom. The van der Waals surface area contributed by atoms with Gasteiger partial charge in [-0.25, -0.2) is 29.3 Å². The number of hydrogen-bond acceptors (Lipinski definition) is 19. The summed E-state index contributed by atoms with van der Waals surface area (Å²) in [6.45, 7) is 85.7. The maximum absolute atomic E-state index is 4.65. The Morgan fingerprint density at radius 1 is 0.305 bits per heavy atom. The second-order valence-electron chi connectivity index (χ2n) is 9.43. The molecule has 19 heteroatoms. The standard InChI is InChI=1S/C5H5N.3C4H4N2.C4H7N.C3H3N3.C3H6N2.C3H5NO.2C3H5NS.20C2H6/c1-2-4-6-5-3-1;1-2-6-4-3-5-1;1-2-5-4-6-3-1;1-2-4-6-5-3-1;1-2-4-5-3-1;1-4-2-6-3-5-1;3*1-2-5-3-4-1;1-2-4-5-3-1;20*1-2/h1-5H;3*1-4H;3H,1-2,4H2;1-3H;3H,1-2H2,(H,4,5);2*3H,1-2H2;2H,1,3H2;20*1-2H3. The Kier molecular flexibility index (Phi) is 423. The van der Waals surface area contributed by atoms with Gasteiger partial charge in [0.15, 0.2) is 6.40 Å². The molecule has 0 bridgehead atoms. The van der Waals surface area contributed by atoms with Crippen LogP contribution < -0.4 is 5.32 Å². The molecule has 570 valence electrons. The average Bonchev–Trinajstić information content (AvgIpc) is 4.69. The molecular formula is C76H168N16OS2. The SMILES string of the molecule is C1=NCCC1.C1=NCCN1.C1=NCCO1.C1=NCCS1.C1=NSCC1.CC.CC.CC.CC.CC.CC.CC.CC.CC.CC.CC.CC.CC.CC.CC.CC.CC.CC.CC.CC.c1ccncc1.c1ccnnc1.c1cnccn1.c1cncnc1.c1ncncn1. The van der Waals surface area contributed by atoms with Gasteiger partial charge >= 0.3 is 0 Å². The largest absolute Gasteiger partial charge is 0.482 e. The number of aliphatic imine (C=N–C) groups is 4. The Morgan fingerprint density at radius 3 is 0.789 bits per heavy atom. The summed E-state index contributed by atoms with van der Waals surface area (Å²) in [6.07, 6.45) is 33.3. The van der Waals surface area contributed by atoms with Gasteiger partial charge in [0.1, 0.15) is 31.9 Å². The fraction of sp³-hybridized carbons (Fsp3) is 0.671. The lowest BCUT2D eigenvalue weighted by atomic mass is 10.4. The number of thioether (sulfide) groups is 1. The Balaban J connectivity index is -0.0000000346. The normalized spacial score (nSPS) is 9.09. The number of nitrogens with zero attached hydrogens (tertiary/aromatic N) is 15. The predicted octanol–water partition coefficient (Wildman–Crippen LogP) is 25.3. The number of aromatic nitrogens is 10. The van der Waals surface area contributed by atoms with E-state index < -0.39 is 0 Å². The number of pyridine rings is 1. The molecule has 0 saturated heterocycles. The molecule has 10 rings (SSSR count). The Labute approximate surface area is 606 Å². The smallest absolute Gasteiger partial charge is 0.169 e. The zero-order valence-electron chi connectivity index (χ0n) is 70.6. The highest BCUT2D eigenvalue weighted by atomic mass is 32.2. The molecule has 0 spiro atoms. The van der Waals surface area contributed by atoms with E-state index in [4.69, 9.17) is 0 Å². The zero-order chi connectivity index (χ0) is 78.9. The number of ether oxygens (including phenoxy) is 1. The van der Waals surface area contributed by atoms with E-state index in [-0.39, 0.29) is 0 Å². The van der Waals surface area contributed by atoms with Gasteiger partial charge in [0.25, 0.3) is 0 Å². The minimum atomic E-state index is 0.778. The molecule has 0 amide bonds. The summed E-state index contributed by atoms with van der Waals surface area (Å²) >= 11 is 3.43. The van der Waals surface area contributed by atoms with Crippen LogP contribution in [0, 0.1) is 0 Å². The first-order valence-corrected chi connectivity index (χ1v) is 39.0. The molecule has 0 atom stereocenters. The first-order valence-electron chi connectivity index (χ1n) is 37.0. The Bertz CT molecular complexity index is 1130. The van der Waals surface area contributed by atoms with Gasteiger partial charge in [0.2, 0.25) is 0 Å². The highest BCUT2D eigenvalue weighted by Crippen LogP contribution is 2.07. The summed E-state index contributed by atoms with van der Waals surface area (Å²) in [7, 11) is 0. The molecule has 0 aliphatic carbocycles. The van der Waals surface area contributed by atoms with E-state index in [0.29, 0.717) is 0 Å². The van der Waals surface area contributed by atoms with E-state index in [2.05, 4.69) is 84.5 Å². The number of rotatable bonds is 0. The molecule has 0 saturated carbocycles. The maximum Gasteiger partial charge on any atom is 0.169 e. The fourth-order valence-electron chi connectivity index (χ4n) is 2.85. The lowest BCUT2D eigenvalue weighted by Gasteiger charge is -1.76. The van der Waals surface area contributed by atoms with Crippen molar-refractivity contribution in [1.82, 2.24) is 55.4 Å². The van der Waals surface area contributed by atoms with E-state index in [1.54, 1.807) is 98.1 Å². The van der Waals surface area contributed by atoms with Crippen molar-refractivity contribution in [3.05, 3.63) is 124 Å². The second-order valence-corrected chi connectivity index (χ2v) is 11.3. The van der Waals surface area contributed by atoms with Crippen LogP contribution in [-0.2, 0) is 4.74 Å². The zero-order valence-corrected chi connectivity index (χ0v) is 72.3. The maximum atomic E-state index is 4.65. The van der Waals surface area contributed by atoms with Gasteiger partial charge in [-0.1, -0.05) is 283 Å². The molecule has 1 N–H and O–H groups in total. The molecule has 95 heavy (non-hydrogen) atoms. The van der Waals surface area contributed by atoms with E-state index in [9.17, 15) is 0 Å². The highest BCUT2D eigenvalue weighted by molar-refractivity contribution is 8.12. The molecule has 5 aromatic rings. The Hall–Kier alpha value is -5.95. The summed E-state index contributed by atoms with van der Waals surface area (Å²) < 4.78 is 8.53. The summed E-state index contributed by atoms with van der Waals surface area (Å²) in [6, 6.07) is 11.1. The van der Waals surface area contributed by atoms with Crippen molar-refractivity contribution in [2.45, 2.75) is 296 Å². The molecule has 5 aliphatic rings.